The fourth-order valence-electron chi connectivity index (χ4n) is 2.36. The van der Waals surface area contributed by atoms with Gasteiger partial charge in [0, 0.05) is 19.3 Å². The Labute approximate surface area is 106 Å². The third-order valence-electron chi connectivity index (χ3n) is 3.37. The Kier molecular flexibility index (Phi) is 4.19. The lowest BCUT2D eigenvalue weighted by Gasteiger charge is -2.29. The molecule has 2 rings (SSSR count). The molecule has 1 fully saturated rings. The standard InChI is InChI=1S/C12H20N4O2/c1-2-16(8-9-4-3-5-13-6-9)11(17)10-7-14-12(18)15-10/h7,9,13H,2-6,8H2,1H3,(H2,14,15,18). The fourth-order valence-corrected chi connectivity index (χ4v) is 2.36. The molecular weight excluding hydrogens is 232 g/mol. The summed E-state index contributed by atoms with van der Waals surface area (Å²) < 4.78 is 0. The number of H-pyrrole nitrogens is 2. The number of nitrogens with one attached hydrogen (secondary N) is 3. The zero-order valence-electron chi connectivity index (χ0n) is 10.7. The van der Waals surface area contributed by atoms with Gasteiger partial charge in [-0.05, 0) is 38.8 Å². The van der Waals surface area contributed by atoms with E-state index in [0.29, 0.717) is 18.2 Å². The van der Waals surface area contributed by atoms with Gasteiger partial charge in [0.15, 0.2) is 0 Å². The highest BCUT2D eigenvalue weighted by Crippen LogP contribution is 2.12. The van der Waals surface area contributed by atoms with Crippen LogP contribution in [-0.2, 0) is 0 Å². The van der Waals surface area contributed by atoms with Crippen LogP contribution in [0.1, 0.15) is 30.3 Å². The number of carbonyl (C=O) groups is 1. The van der Waals surface area contributed by atoms with E-state index >= 15 is 0 Å². The molecular formula is C12H20N4O2. The summed E-state index contributed by atoms with van der Waals surface area (Å²) in [5.41, 5.74) is -0.000597. The molecule has 1 amide bonds. The van der Waals surface area contributed by atoms with E-state index in [-0.39, 0.29) is 11.6 Å². The van der Waals surface area contributed by atoms with E-state index in [0.717, 1.165) is 32.5 Å². The number of aromatic amines is 2. The number of imidazole rings is 1. The quantitative estimate of drug-likeness (QED) is 0.714. The topological polar surface area (TPSA) is 81.0 Å². The lowest BCUT2D eigenvalue weighted by atomic mass is 9.99. The summed E-state index contributed by atoms with van der Waals surface area (Å²) in [6.07, 6.45) is 3.75. The maximum absolute atomic E-state index is 12.2. The number of amides is 1. The first-order valence-electron chi connectivity index (χ1n) is 6.48. The second-order valence-electron chi connectivity index (χ2n) is 4.71. The number of aromatic nitrogens is 2. The van der Waals surface area contributed by atoms with Crippen LogP contribution in [0.25, 0.3) is 0 Å². The summed E-state index contributed by atoms with van der Waals surface area (Å²) in [4.78, 5) is 29.9. The van der Waals surface area contributed by atoms with E-state index in [4.69, 9.17) is 0 Å². The van der Waals surface area contributed by atoms with Crippen LogP contribution >= 0.6 is 0 Å². The van der Waals surface area contributed by atoms with Crippen molar-refractivity contribution < 1.29 is 4.79 Å². The predicted molar refractivity (Wildman–Crippen MR) is 68.6 cm³/mol. The fraction of sp³-hybridized carbons (Fsp3) is 0.667. The first-order chi connectivity index (χ1) is 8.70. The van der Waals surface area contributed by atoms with Crippen molar-refractivity contribution in [2.75, 3.05) is 26.2 Å². The maximum atomic E-state index is 12.2. The molecule has 1 saturated heterocycles. The smallest absolute Gasteiger partial charge is 0.323 e. The molecule has 1 atom stereocenters. The van der Waals surface area contributed by atoms with Gasteiger partial charge in [-0.25, -0.2) is 4.79 Å². The summed E-state index contributed by atoms with van der Waals surface area (Å²) in [5, 5.41) is 3.35. The number of rotatable bonds is 4. The van der Waals surface area contributed by atoms with Crippen LogP contribution in [0, 0.1) is 5.92 Å². The molecule has 0 radical (unpaired) electrons. The highest BCUT2D eigenvalue weighted by molar-refractivity contribution is 5.92. The molecule has 3 N–H and O–H groups in total. The molecule has 0 aromatic carbocycles. The number of nitrogens with zero attached hydrogens (tertiary/aromatic N) is 1. The van der Waals surface area contributed by atoms with E-state index < -0.39 is 0 Å². The first-order valence-corrected chi connectivity index (χ1v) is 6.48. The number of hydrogen-bond donors (Lipinski definition) is 3. The van der Waals surface area contributed by atoms with Crippen molar-refractivity contribution >= 4 is 5.91 Å². The van der Waals surface area contributed by atoms with Crippen molar-refractivity contribution in [2.45, 2.75) is 19.8 Å². The summed E-state index contributed by atoms with van der Waals surface area (Å²) in [7, 11) is 0. The summed E-state index contributed by atoms with van der Waals surface area (Å²) in [6.45, 7) is 5.39. The Morgan fingerprint density at radius 2 is 2.39 bits per heavy atom. The summed E-state index contributed by atoms with van der Waals surface area (Å²) in [6, 6.07) is 0. The van der Waals surface area contributed by atoms with Gasteiger partial charge in [0.2, 0.25) is 0 Å². The minimum absolute atomic E-state index is 0.110. The van der Waals surface area contributed by atoms with Gasteiger partial charge in [0.25, 0.3) is 5.91 Å². The average molecular weight is 252 g/mol. The molecule has 1 aliphatic rings. The van der Waals surface area contributed by atoms with Gasteiger partial charge in [-0.15, -0.1) is 0 Å². The molecule has 0 bridgehead atoms. The van der Waals surface area contributed by atoms with Gasteiger partial charge >= 0.3 is 5.69 Å². The zero-order valence-corrected chi connectivity index (χ0v) is 10.7. The molecule has 2 heterocycles. The molecule has 0 spiro atoms. The Morgan fingerprint density at radius 1 is 1.56 bits per heavy atom. The van der Waals surface area contributed by atoms with Gasteiger partial charge in [0.1, 0.15) is 5.69 Å². The normalized spacial score (nSPS) is 19.7. The van der Waals surface area contributed by atoms with Crippen LogP contribution in [0.3, 0.4) is 0 Å². The summed E-state index contributed by atoms with van der Waals surface area (Å²) in [5.74, 6) is 0.398. The second-order valence-corrected chi connectivity index (χ2v) is 4.71. The Hall–Kier alpha value is -1.56. The molecule has 6 nitrogen and oxygen atoms in total. The largest absolute Gasteiger partial charge is 0.337 e. The van der Waals surface area contributed by atoms with E-state index in [1.54, 1.807) is 4.90 Å². The molecule has 1 aromatic rings. The first kappa shape index (κ1) is 12.9. The van der Waals surface area contributed by atoms with Gasteiger partial charge in [0.05, 0.1) is 0 Å². The minimum atomic E-state index is -0.339. The zero-order chi connectivity index (χ0) is 13.0. The molecule has 1 aromatic heterocycles. The molecule has 6 heteroatoms. The van der Waals surface area contributed by atoms with Crippen LogP contribution in [0.4, 0.5) is 0 Å². The highest BCUT2D eigenvalue weighted by Gasteiger charge is 2.21. The second kappa shape index (κ2) is 5.86. The Balaban J connectivity index is 1.99. The van der Waals surface area contributed by atoms with Crippen LogP contribution < -0.4 is 11.0 Å². The van der Waals surface area contributed by atoms with Crippen molar-refractivity contribution in [2.24, 2.45) is 5.92 Å². The molecule has 100 valence electrons. The van der Waals surface area contributed by atoms with Crippen LogP contribution in [0.5, 0.6) is 0 Å². The summed E-state index contributed by atoms with van der Waals surface area (Å²) >= 11 is 0. The van der Waals surface area contributed by atoms with Crippen molar-refractivity contribution in [3.05, 3.63) is 22.4 Å². The van der Waals surface area contributed by atoms with Crippen molar-refractivity contribution in [1.29, 1.82) is 0 Å². The predicted octanol–water partition coefficient (Wildman–Crippen LogP) is 0.165. The number of piperidine rings is 1. The van der Waals surface area contributed by atoms with E-state index in [2.05, 4.69) is 15.3 Å². The average Bonchev–Trinajstić information content (AvgIpc) is 2.83. The highest BCUT2D eigenvalue weighted by atomic mass is 16.2. The molecule has 1 aliphatic heterocycles. The van der Waals surface area contributed by atoms with Crippen LogP contribution in [0.15, 0.2) is 11.0 Å². The maximum Gasteiger partial charge on any atom is 0.323 e. The van der Waals surface area contributed by atoms with Crippen molar-refractivity contribution in [3.63, 3.8) is 0 Å². The van der Waals surface area contributed by atoms with Gasteiger partial charge in [-0.2, -0.15) is 0 Å². The van der Waals surface area contributed by atoms with Crippen LogP contribution in [-0.4, -0.2) is 47.0 Å². The van der Waals surface area contributed by atoms with Crippen LogP contribution in [0.2, 0.25) is 0 Å². The monoisotopic (exact) mass is 252 g/mol. The lowest BCUT2D eigenvalue weighted by molar-refractivity contribution is 0.0723. The van der Waals surface area contributed by atoms with Gasteiger partial charge < -0.3 is 20.2 Å². The third-order valence-corrected chi connectivity index (χ3v) is 3.37. The Bertz CT molecular complexity index is 445. The number of hydrogen-bond acceptors (Lipinski definition) is 3. The molecule has 18 heavy (non-hydrogen) atoms. The SMILES string of the molecule is CCN(CC1CCCNC1)C(=O)c1c[nH]c(=O)[nH]1. The van der Waals surface area contributed by atoms with Gasteiger partial charge in [-0.3, -0.25) is 4.79 Å². The third kappa shape index (κ3) is 3.01. The number of carbonyl (C=O) groups excluding carboxylic acids is 1. The van der Waals surface area contributed by atoms with Crippen molar-refractivity contribution in [3.8, 4) is 0 Å². The Morgan fingerprint density at radius 3 is 2.94 bits per heavy atom. The van der Waals surface area contributed by atoms with Gasteiger partial charge in [-0.1, -0.05) is 0 Å². The molecule has 1 unspecified atom stereocenters. The van der Waals surface area contributed by atoms with Crippen molar-refractivity contribution in [1.82, 2.24) is 20.2 Å². The molecule has 0 saturated carbocycles. The lowest BCUT2D eigenvalue weighted by Crippen LogP contribution is -2.41. The van der Waals surface area contributed by atoms with E-state index in [9.17, 15) is 9.59 Å². The molecule has 0 aliphatic carbocycles. The van der Waals surface area contributed by atoms with E-state index in [1.807, 2.05) is 6.92 Å². The minimum Gasteiger partial charge on any atom is -0.337 e. The van der Waals surface area contributed by atoms with E-state index in [1.165, 1.54) is 6.20 Å².